The van der Waals surface area contributed by atoms with Gasteiger partial charge in [0, 0.05) is 35.3 Å². The molecule has 2 aromatic heterocycles. The fourth-order valence-electron chi connectivity index (χ4n) is 3.08. The van der Waals surface area contributed by atoms with Crippen LogP contribution in [0.5, 0.6) is 17.2 Å². The van der Waals surface area contributed by atoms with E-state index in [1.165, 1.54) is 0 Å². The molecule has 0 radical (unpaired) electrons. The van der Waals surface area contributed by atoms with Crippen LogP contribution in [0.3, 0.4) is 0 Å². The van der Waals surface area contributed by atoms with E-state index in [-0.39, 0.29) is 0 Å². The molecule has 8 nitrogen and oxygen atoms in total. The monoisotopic (exact) mass is 392 g/mol. The Morgan fingerprint density at radius 3 is 2.38 bits per heavy atom. The predicted molar refractivity (Wildman–Crippen MR) is 111 cm³/mol. The molecule has 0 saturated heterocycles. The molecule has 0 saturated carbocycles. The number of benzene rings is 2. The number of nitrogens with zero attached hydrogens (tertiary/aromatic N) is 2. The highest BCUT2D eigenvalue weighted by molar-refractivity contribution is 5.89. The van der Waals surface area contributed by atoms with Crippen LogP contribution in [-0.4, -0.2) is 31.3 Å². The van der Waals surface area contributed by atoms with Gasteiger partial charge in [-0.2, -0.15) is 4.98 Å². The number of aromatic nitrogens is 2. The van der Waals surface area contributed by atoms with Gasteiger partial charge >= 0.3 is 0 Å². The van der Waals surface area contributed by atoms with Crippen molar-refractivity contribution in [3.63, 3.8) is 0 Å². The van der Waals surface area contributed by atoms with Gasteiger partial charge in [0.15, 0.2) is 17.1 Å². The first kappa shape index (κ1) is 18.4. The molecule has 0 aliphatic heterocycles. The second-order valence-corrected chi connectivity index (χ2v) is 6.19. The second-order valence-electron chi connectivity index (χ2n) is 6.19. The van der Waals surface area contributed by atoms with Crippen molar-refractivity contribution in [3.8, 4) is 28.5 Å². The highest BCUT2D eigenvalue weighted by Crippen LogP contribution is 2.41. The van der Waals surface area contributed by atoms with Gasteiger partial charge in [-0.3, -0.25) is 4.98 Å². The molecule has 0 bridgehead atoms. The lowest BCUT2D eigenvalue weighted by Crippen LogP contribution is -1.97. The van der Waals surface area contributed by atoms with Crippen LogP contribution < -0.4 is 25.3 Å². The number of fused-ring (bicyclic) bond motifs is 1. The second kappa shape index (κ2) is 7.59. The zero-order chi connectivity index (χ0) is 20.4. The number of ether oxygens (including phenoxy) is 3. The summed E-state index contributed by atoms with van der Waals surface area (Å²) < 4.78 is 22.1. The smallest absolute Gasteiger partial charge is 0.300 e. The lowest BCUT2D eigenvalue weighted by Gasteiger charge is -2.14. The molecule has 29 heavy (non-hydrogen) atoms. The number of hydrogen-bond donors (Lipinski definition) is 2. The van der Waals surface area contributed by atoms with Gasteiger partial charge in [0.2, 0.25) is 5.75 Å². The predicted octanol–water partition coefficient (Wildman–Crippen LogP) is 4.24. The van der Waals surface area contributed by atoms with E-state index >= 15 is 0 Å². The minimum atomic E-state index is 0.312. The number of nitrogens with one attached hydrogen (secondary N) is 1. The Balaban J connectivity index is 1.74. The number of oxazole rings is 1. The Bertz CT molecular complexity index is 1150. The van der Waals surface area contributed by atoms with E-state index < -0.39 is 0 Å². The Hall–Kier alpha value is -3.94. The lowest BCUT2D eigenvalue weighted by molar-refractivity contribution is 0.324. The zero-order valence-electron chi connectivity index (χ0n) is 16.2. The van der Waals surface area contributed by atoms with Crippen LogP contribution in [0.1, 0.15) is 0 Å². The standard InChI is InChI=1S/C21H20N4O4/c1-26-16-10-14(11-17(27-2)20(16)28-3)24-21-25-15-7-8-23-18(19(15)29-21)12-5-4-6-13(22)9-12/h4-11H,22H2,1-3H3,(H,24,25). The summed E-state index contributed by atoms with van der Waals surface area (Å²) in [4.78, 5) is 8.95. The number of hydrogen-bond acceptors (Lipinski definition) is 8. The van der Waals surface area contributed by atoms with E-state index in [4.69, 9.17) is 24.4 Å². The number of anilines is 3. The maximum absolute atomic E-state index is 5.96. The van der Waals surface area contributed by atoms with Gasteiger partial charge in [0.05, 0.1) is 21.3 Å². The number of methoxy groups -OCH3 is 3. The van der Waals surface area contributed by atoms with Gasteiger partial charge in [-0.15, -0.1) is 0 Å². The Kier molecular flexibility index (Phi) is 4.82. The molecule has 4 aromatic rings. The third-order valence-electron chi connectivity index (χ3n) is 4.38. The van der Waals surface area contributed by atoms with Crippen molar-refractivity contribution in [2.75, 3.05) is 32.4 Å². The van der Waals surface area contributed by atoms with Crippen molar-refractivity contribution in [2.24, 2.45) is 0 Å². The summed E-state index contributed by atoms with van der Waals surface area (Å²) in [5.74, 6) is 1.55. The quantitative estimate of drug-likeness (QED) is 0.470. The number of nitrogens with two attached hydrogens (primary N) is 1. The average Bonchev–Trinajstić information content (AvgIpc) is 3.15. The van der Waals surface area contributed by atoms with Gasteiger partial charge in [-0.1, -0.05) is 12.1 Å². The summed E-state index contributed by atoms with van der Waals surface area (Å²) in [5, 5.41) is 3.14. The van der Waals surface area contributed by atoms with Crippen molar-refractivity contribution < 1.29 is 18.6 Å². The summed E-state index contributed by atoms with van der Waals surface area (Å²) in [7, 11) is 4.67. The maximum atomic E-state index is 5.96. The highest BCUT2D eigenvalue weighted by atomic mass is 16.5. The number of nitrogen functional groups attached to an aromatic ring is 1. The molecule has 0 fully saturated rings. The molecule has 8 heteroatoms. The Morgan fingerprint density at radius 1 is 0.966 bits per heavy atom. The fourth-order valence-corrected chi connectivity index (χ4v) is 3.08. The van der Waals surface area contributed by atoms with Gasteiger partial charge in [-0.05, 0) is 18.2 Å². The molecule has 148 valence electrons. The fraction of sp³-hybridized carbons (Fsp3) is 0.143. The first-order valence-corrected chi connectivity index (χ1v) is 8.81. The number of rotatable bonds is 6. The van der Waals surface area contributed by atoms with Crippen LogP contribution in [0, 0.1) is 0 Å². The molecule has 4 rings (SSSR count). The molecule has 2 aromatic carbocycles. The topological polar surface area (TPSA) is 105 Å². The molecule has 0 unspecified atom stereocenters. The van der Waals surface area contributed by atoms with Gasteiger partial charge < -0.3 is 29.7 Å². The molecule has 0 amide bonds. The van der Waals surface area contributed by atoms with Crippen molar-refractivity contribution in [1.82, 2.24) is 9.97 Å². The van der Waals surface area contributed by atoms with E-state index in [2.05, 4.69) is 15.3 Å². The van der Waals surface area contributed by atoms with Crippen LogP contribution in [0.25, 0.3) is 22.4 Å². The maximum Gasteiger partial charge on any atom is 0.300 e. The molecule has 0 aliphatic rings. The molecule has 0 aliphatic carbocycles. The normalized spacial score (nSPS) is 10.7. The molecule has 3 N–H and O–H groups in total. The summed E-state index contributed by atoms with van der Waals surface area (Å²) >= 11 is 0. The van der Waals surface area contributed by atoms with Crippen molar-refractivity contribution in [2.45, 2.75) is 0 Å². The first-order chi connectivity index (χ1) is 14.1. The van der Waals surface area contributed by atoms with Gasteiger partial charge in [-0.25, -0.2) is 0 Å². The zero-order valence-corrected chi connectivity index (χ0v) is 16.2. The third kappa shape index (κ3) is 3.47. The molecule has 0 atom stereocenters. The van der Waals surface area contributed by atoms with E-state index in [0.717, 1.165) is 5.56 Å². The van der Waals surface area contributed by atoms with E-state index in [1.54, 1.807) is 45.7 Å². The molecule has 2 heterocycles. The van der Waals surface area contributed by atoms with Crippen LogP contribution in [0.2, 0.25) is 0 Å². The summed E-state index contributed by atoms with van der Waals surface area (Å²) in [5.41, 5.74) is 9.98. The van der Waals surface area contributed by atoms with Crippen molar-refractivity contribution in [1.29, 1.82) is 0 Å². The Labute approximate surface area is 167 Å². The minimum Gasteiger partial charge on any atom is -0.493 e. The molecular weight excluding hydrogens is 372 g/mol. The summed E-state index contributed by atoms with van der Waals surface area (Å²) in [6, 6.07) is 13.1. The van der Waals surface area contributed by atoms with E-state index in [1.807, 2.05) is 24.3 Å². The van der Waals surface area contributed by atoms with Crippen molar-refractivity contribution >= 4 is 28.5 Å². The lowest BCUT2D eigenvalue weighted by atomic mass is 10.1. The van der Waals surface area contributed by atoms with Crippen molar-refractivity contribution in [3.05, 3.63) is 48.7 Å². The van der Waals surface area contributed by atoms with E-state index in [0.29, 0.717) is 51.4 Å². The van der Waals surface area contributed by atoms with Crippen LogP contribution in [-0.2, 0) is 0 Å². The Morgan fingerprint density at radius 2 is 1.72 bits per heavy atom. The molecular formula is C21H20N4O4. The summed E-state index contributed by atoms with van der Waals surface area (Å²) in [6.45, 7) is 0. The number of pyridine rings is 1. The minimum absolute atomic E-state index is 0.312. The third-order valence-corrected chi connectivity index (χ3v) is 4.38. The highest BCUT2D eigenvalue weighted by Gasteiger charge is 2.16. The van der Waals surface area contributed by atoms with Crippen LogP contribution in [0.15, 0.2) is 53.1 Å². The van der Waals surface area contributed by atoms with Crippen LogP contribution in [0.4, 0.5) is 17.4 Å². The van der Waals surface area contributed by atoms with Gasteiger partial charge in [0.25, 0.3) is 6.01 Å². The van der Waals surface area contributed by atoms with E-state index in [9.17, 15) is 0 Å². The molecule has 0 spiro atoms. The summed E-state index contributed by atoms with van der Waals surface area (Å²) in [6.07, 6.45) is 1.69. The SMILES string of the molecule is COc1cc(Nc2nc3ccnc(-c4cccc(N)c4)c3o2)cc(OC)c1OC. The van der Waals surface area contributed by atoms with Gasteiger partial charge in [0.1, 0.15) is 11.2 Å². The first-order valence-electron chi connectivity index (χ1n) is 8.81. The van der Waals surface area contributed by atoms with Crippen LogP contribution >= 0.6 is 0 Å². The average molecular weight is 392 g/mol. The largest absolute Gasteiger partial charge is 0.493 e.